The summed E-state index contributed by atoms with van der Waals surface area (Å²) in [6.07, 6.45) is 1.74. The highest BCUT2D eigenvalue weighted by molar-refractivity contribution is 7.99. The van der Waals surface area contributed by atoms with Gasteiger partial charge in [-0.1, -0.05) is 20.8 Å². The normalized spacial score (nSPS) is 15.2. The molecule has 0 saturated carbocycles. The Morgan fingerprint density at radius 1 is 1.08 bits per heavy atom. The molecule has 0 aromatic heterocycles. The van der Waals surface area contributed by atoms with Gasteiger partial charge in [-0.25, -0.2) is 4.79 Å². The van der Waals surface area contributed by atoms with Crippen LogP contribution in [0.5, 0.6) is 0 Å². The van der Waals surface area contributed by atoms with E-state index in [4.69, 9.17) is 0 Å². The summed E-state index contributed by atoms with van der Waals surface area (Å²) in [6.45, 7) is 9.60. The largest absolute Gasteiger partial charge is 0.338 e. The van der Waals surface area contributed by atoms with Crippen molar-refractivity contribution in [1.29, 1.82) is 0 Å². The van der Waals surface area contributed by atoms with Gasteiger partial charge >= 0.3 is 6.03 Å². The molecule has 1 aromatic carbocycles. The first-order valence-electron chi connectivity index (χ1n) is 9.10. The van der Waals surface area contributed by atoms with Crippen molar-refractivity contribution in [3.8, 4) is 0 Å². The number of amides is 3. The Kier molecular flexibility index (Phi) is 7.62. The van der Waals surface area contributed by atoms with Gasteiger partial charge in [-0.3, -0.25) is 4.79 Å². The second kappa shape index (κ2) is 9.70. The molecule has 0 bridgehead atoms. The average Bonchev–Trinajstić information content (AvgIpc) is 2.85. The zero-order chi connectivity index (χ0) is 18.2. The van der Waals surface area contributed by atoms with Crippen molar-refractivity contribution < 1.29 is 9.59 Å². The lowest BCUT2D eigenvalue weighted by atomic mass is 10.2. The molecule has 0 radical (unpaired) electrons. The molecule has 1 aliphatic heterocycles. The van der Waals surface area contributed by atoms with Crippen LogP contribution in [-0.4, -0.2) is 59.7 Å². The van der Waals surface area contributed by atoms with E-state index in [9.17, 15) is 9.59 Å². The number of hydrogen-bond acceptors (Lipinski definition) is 3. The first-order chi connectivity index (χ1) is 12.0. The molecule has 5 nitrogen and oxygen atoms in total. The molecular weight excluding hydrogens is 334 g/mol. The van der Waals surface area contributed by atoms with Crippen molar-refractivity contribution in [2.45, 2.75) is 43.8 Å². The van der Waals surface area contributed by atoms with Crippen LogP contribution in [0.4, 0.5) is 4.79 Å². The SMILES string of the molecule is CCCNC(=O)N1CCCN(C(=O)c2ccc(SC(C)C)cc2)CC1. The molecule has 0 aliphatic carbocycles. The summed E-state index contributed by atoms with van der Waals surface area (Å²) in [6, 6.07) is 7.82. The van der Waals surface area contributed by atoms with Gasteiger partial charge in [0.2, 0.25) is 0 Å². The average molecular weight is 364 g/mol. The first kappa shape index (κ1) is 19.6. The highest BCUT2D eigenvalue weighted by Gasteiger charge is 2.22. The van der Waals surface area contributed by atoms with Gasteiger partial charge in [-0.2, -0.15) is 0 Å². The van der Waals surface area contributed by atoms with E-state index in [0.717, 1.165) is 18.4 Å². The molecule has 1 saturated heterocycles. The number of hydrogen-bond donors (Lipinski definition) is 1. The molecule has 1 aromatic rings. The first-order valence-corrected chi connectivity index (χ1v) is 9.98. The Morgan fingerprint density at radius 3 is 2.36 bits per heavy atom. The Bertz CT molecular complexity index is 575. The minimum Gasteiger partial charge on any atom is -0.338 e. The van der Waals surface area contributed by atoms with E-state index in [1.54, 1.807) is 11.8 Å². The highest BCUT2D eigenvalue weighted by Crippen LogP contribution is 2.23. The molecule has 0 atom stereocenters. The van der Waals surface area contributed by atoms with Crippen molar-refractivity contribution in [3.63, 3.8) is 0 Å². The molecule has 0 spiro atoms. The van der Waals surface area contributed by atoms with Crippen LogP contribution >= 0.6 is 11.8 Å². The second-order valence-corrected chi connectivity index (χ2v) is 8.21. The van der Waals surface area contributed by atoms with Crippen molar-refractivity contribution in [2.24, 2.45) is 0 Å². The minimum absolute atomic E-state index is 0.0220. The van der Waals surface area contributed by atoms with E-state index < -0.39 is 0 Å². The third kappa shape index (κ3) is 5.96. The smallest absolute Gasteiger partial charge is 0.317 e. The van der Waals surface area contributed by atoms with Gasteiger partial charge in [0.05, 0.1) is 0 Å². The zero-order valence-corrected chi connectivity index (χ0v) is 16.3. The van der Waals surface area contributed by atoms with E-state index in [-0.39, 0.29) is 11.9 Å². The third-order valence-corrected chi connectivity index (χ3v) is 5.09. The van der Waals surface area contributed by atoms with Crippen LogP contribution in [-0.2, 0) is 0 Å². The standard InChI is InChI=1S/C19H29N3O2S/c1-4-10-20-19(24)22-12-5-11-21(13-14-22)18(23)16-6-8-17(9-7-16)25-15(2)3/h6-9,15H,4-5,10-14H2,1-3H3,(H,20,24). The quantitative estimate of drug-likeness (QED) is 0.815. The predicted octanol–water partition coefficient (Wildman–Crippen LogP) is 3.45. The number of nitrogens with one attached hydrogen (secondary N) is 1. The van der Waals surface area contributed by atoms with Crippen molar-refractivity contribution in [3.05, 3.63) is 29.8 Å². The number of carbonyl (C=O) groups excluding carboxylic acids is 2. The predicted molar refractivity (Wildman–Crippen MR) is 103 cm³/mol. The van der Waals surface area contributed by atoms with Crippen LogP contribution in [0.1, 0.15) is 44.0 Å². The minimum atomic E-state index is -0.0220. The molecule has 2 rings (SSSR count). The molecule has 1 heterocycles. The molecule has 1 aliphatic rings. The van der Waals surface area contributed by atoms with E-state index in [2.05, 4.69) is 19.2 Å². The summed E-state index contributed by atoms with van der Waals surface area (Å²) >= 11 is 1.79. The summed E-state index contributed by atoms with van der Waals surface area (Å²) in [4.78, 5) is 29.7. The number of carbonyl (C=O) groups is 2. The van der Waals surface area contributed by atoms with Gasteiger partial charge in [0.1, 0.15) is 0 Å². The molecule has 6 heteroatoms. The lowest BCUT2D eigenvalue weighted by Crippen LogP contribution is -2.42. The molecule has 1 fully saturated rings. The molecule has 3 amide bonds. The fourth-order valence-corrected chi connectivity index (χ4v) is 3.64. The fourth-order valence-electron chi connectivity index (χ4n) is 2.80. The summed E-state index contributed by atoms with van der Waals surface area (Å²) in [5, 5.41) is 3.43. The summed E-state index contributed by atoms with van der Waals surface area (Å²) in [5.41, 5.74) is 0.719. The van der Waals surface area contributed by atoms with E-state index in [1.165, 1.54) is 4.90 Å². The second-order valence-electron chi connectivity index (χ2n) is 6.56. The van der Waals surface area contributed by atoms with E-state index in [0.29, 0.717) is 38.0 Å². The van der Waals surface area contributed by atoms with Crippen molar-refractivity contribution in [1.82, 2.24) is 15.1 Å². The van der Waals surface area contributed by atoms with Gasteiger partial charge in [-0.05, 0) is 37.1 Å². The number of urea groups is 1. The summed E-state index contributed by atoms with van der Waals surface area (Å²) in [7, 11) is 0. The Morgan fingerprint density at radius 2 is 1.72 bits per heavy atom. The third-order valence-electron chi connectivity index (χ3n) is 4.07. The maximum absolute atomic E-state index is 12.7. The molecule has 0 unspecified atom stereocenters. The number of nitrogens with zero attached hydrogens (tertiary/aromatic N) is 2. The van der Waals surface area contributed by atoms with Gasteiger partial charge in [0.15, 0.2) is 0 Å². The lowest BCUT2D eigenvalue weighted by Gasteiger charge is -2.22. The zero-order valence-electron chi connectivity index (χ0n) is 15.5. The molecular formula is C19H29N3O2S. The topological polar surface area (TPSA) is 52.7 Å². The van der Waals surface area contributed by atoms with Crippen molar-refractivity contribution in [2.75, 3.05) is 32.7 Å². The van der Waals surface area contributed by atoms with Gasteiger partial charge < -0.3 is 15.1 Å². The van der Waals surface area contributed by atoms with Crippen LogP contribution in [0.3, 0.4) is 0 Å². The Hall–Kier alpha value is -1.69. The maximum atomic E-state index is 12.7. The molecule has 138 valence electrons. The fraction of sp³-hybridized carbons (Fsp3) is 0.579. The maximum Gasteiger partial charge on any atom is 0.317 e. The van der Waals surface area contributed by atoms with Gasteiger partial charge in [0, 0.05) is 48.4 Å². The van der Waals surface area contributed by atoms with Crippen LogP contribution < -0.4 is 5.32 Å². The Labute approximate surface area is 155 Å². The Balaban J connectivity index is 1.93. The van der Waals surface area contributed by atoms with Gasteiger partial charge in [-0.15, -0.1) is 11.8 Å². The summed E-state index contributed by atoms with van der Waals surface area (Å²) in [5.74, 6) is 0.0527. The lowest BCUT2D eigenvalue weighted by molar-refractivity contribution is 0.0762. The summed E-state index contributed by atoms with van der Waals surface area (Å²) < 4.78 is 0. The monoisotopic (exact) mass is 363 g/mol. The van der Waals surface area contributed by atoms with E-state index in [1.807, 2.05) is 41.0 Å². The molecule has 25 heavy (non-hydrogen) atoms. The highest BCUT2D eigenvalue weighted by atomic mass is 32.2. The molecule has 1 N–H and O–H groups in total. The van der Waals surface area contributed by atoms with Gasteiger partial charge in [0.25, 0.3) is 5.91 Å². The van der Waals surface area contributed by atoms with Crippen molar-refractivity contribution >= 4 is 23.7 Å². The van der Waals surface area contributed by atoms with E-state index >= 15 is 0 Å². The number of thioether (sulfide) groups is 1. The van der Waals surface area contributed by atoms with Crippen LogP contribution in [0.15, 0.2) is 29.2 Å². The van der Waals surface area contributed by atoms with Crippen LogP contribution in [0.2, 0.25) is 0 Å². The van der Waals surface area contributed by atoms with Crippen LogP contribution in [0, 0.1) is 0 Å². The number of rotatable bonds is 5. The number of benzene rings is 1. The van der Waals surface area contributed by atoms with Crippen LogP contribution in [0.25, 0.3) is 0 Å².